The van der Waals surface area contributed by atoms with E-state index in [9.17, 15) is 0 Å². The summed E-state index contributed by atoms with van der Waals surface area (Å²) >= 11 is 7.57. The maximum Gasteiger partial charge on any atom is 0.160 e. The molecule has 0 saturated heterocycles. The molecule has 4 heteroatoms. The number of thioether (sulfide) groups is 1. The van der Waals surface area contributed by atoms with Crippen LogP contribution in [0, 0.1) is 0 Å². The Labute approximate surface area is 97.7 Å². The van der Waals surface area contributed by atoms with Gasteiger partial charge in [0, 0.05) is 27.9 Å². The maximum atomic E-state index is 5.93. The molecule has 15 heavy (non-hydrogen) atoms. The van der Waals surface area contributed by atoms with Crippen LogP contribution in [0.3, 0.4) is 0 Å². The second-order valence-corrected chi connectivity index (χ2v) is 4.20. The molecule has 0 radical (unpaired) electrons. The fraction of sp³-hybridized carbons (Fsp3) is 0.0909. The molecule has 0 aliphatic rings. The van der Waals surface area contributed by atoms with E-state index in [2.05, 4.69) is 9.97 Å². The van der Waals surface area contributed by atoms with Crippen LogP contribution >= 0.6 is 23.4 Å². The van der Waals surface area contributed by atoms with Gasteiger partial charge in [0.1, 0.15) is 0 Å². The largest absolute Gasteiger partial charge is 0.237 e. The fourth-order valence-electron chi connectivity index (χ4n) is 1.29. The summed E-state index contributed by atoms with van der Waals surface area (Å²) in [7, 11) is 0. The highest BCUT2D eigenvalue weighted by atomic mass is 35.5. The van der Waals surface area contributed by atoms with Gasteiger partial charge in [-0.05, 0) is 30.5 Å². The Balaban J connectivity index is 2.53. The first-order chi connectivity index (χ1) is 7.31. The van der Waals surface area contributed by atoms with Gasteiger partial charge in [-0.3, -0.25) is 0 Å². The molecule has 2 rings (SSSR count). The predicted molar refractivity (Wildman–Crippen MR) is 64.3 cm³/mol. The molecule has 0 N–H and O–H groups in total. The van der Waals surface area contributed by atoms with Gasteiger partial charge in [-0.2, -0.15) is 0 Å². The first-order valence-corrected chi connectivity index (χ1v) is 6.02. The molecular formula is C11H9ClN2S. The van der Waals surface area contributed by atoms with Gasteiger partial charge in [0.15, 0.2) is 5.82 Å². The Morgan fingerprint density at radius 3 is 2.60 bits per heavy atom. The van der Waals surface area contributed by atoms with Crippen molar-refractivity contribution in [3.63, 3.8) is 0 Å². The van der Waals surface area contributed by atoms with Gasteiger partial charge in [0.25, 0.3) is 0 Å². The zero-order chi connectivity index (χ0) is 10.7. The van der Waals surface area contributed by atoms with Crippen LogP contribution < -0.4 is 0 Å². The third-order valence-electron chi connectivity index (χ3n) is 1.97. The molecule has 0 amide bonds. The lowest BCUT2D eigenvalue weighted by molar-refractivity contribution is 1.16. The summed E-state index contributed by atoms with van der Waals surface area (Å²) < 4.78 is 0. The topological polar surface area (TPSA) is 25.8 Å². The van der Waals surface area contributed by atoms with E-state index >= 15 is 0 Å². The maximum absolute atomic E-state index is 5.93. The van der Waals surface area contributed by atoms with Gasteiger partial charge >= 0.3 is 0 Å². The molecule has 0 bridgehead atoms. The second kappa shape index (κ2) is 4.64. The van der Waals surface area contributed by atoms with Crippen LogP contribution in [0.15, 0.2) is 41.6 Å². The first kappa shape index (κ1) is 10.5. The molecule has 1 heterocycles. The average molecular weight is 237 g/mol. The van der Waals surface area contributed by atoms with Gasteiger partial charge < -0.3 is 0 Å². The highest BCUT2D eigenvalue weighted by Crippen LogP contribution is 2.30. The number of hydrogen-bond donors (Lipinski definition) is 0. The number of hydrogen-bond acceptors (Lipinski definition) is 3. The molecule has 0 unspecified atom stereocenters. The summed E-state index contributed by atoms with van der Waals surface area (Å²) in [4.78, 5) is 9.53. The minimum atomic E-state index is 0.735. The van der Waals surface area contributed by atoms with Crippen molar-refractivity contribution in [2.45, 2.75) is 4.90 Å². The standard InChI is InChI=1S/C11H9ClN2S/c1-15-10-7-8(12)3-4-9(10)11-13-5-2-6-14-11/h2-7H,1H3. The van der Waals surface area contributed by atoms with Crippen molar-refractivity contribution >= 4 is 23.4 Å². The molecule has 0 fully saturated rings. The van der Waals surface area contributed by atoms with Crippen LogP contribution in [0.1, 0.15) is 0 Å². The molecule has 0 spiro atoms. The van der Waals surface area contributed by atoms with Crippen molar-refractivity contribution in [1.82, 2.24) is 9.97 Å². The predicted octanol–water partition coefficient (Wildman–Crippen LogP) is 3.52. The van der Waals surface area contributed by atoms with E-state index in [1.165, 1.54) is 0 Å². The average Bonchev–Trinajstić information content (AvgIpc) is 2.30. The van der Waals surface area contributed by atoms with Gasteiger partial charge in [-0.1, -0.05) is 11.6 Å². The monoisotopic (exact) mass is 236 g/mol. The Morgan fingerprint density at radius 2 is 1.93 bits per heavy atom. The summed E-state index contributed by atoms with van der Waals surface area (Å²) in [5.41, 5.74) is 1.02. The minimum absolute atomic E-state index is 0.735. The number of halogens is 1. The zero-order valence-electron chi connectivity index (χ0n) is 8.14. The van der Waals surface area contributed by atoms with Crippen LogP contribution in [0.25, 0.3) is 11.4 Å². The highest BCUT2D eigenvalue weighted by Gasteiger charge is 2.06. The van der Waals surface area contributed by atoms with E-state index in [0.717, 1.165) is 21.3 Å². The van der Waals surface area contributed by atoms with Crippen LogP contribution in [-0.4, -0.2) is 16.2 Å². The highest BCUT2D eigenvalue weighted by molar-refractivity contribution is 7.98. The van der Waals surface area contributed by atoms with E-state index in [0.29, 0.717) is 0 Å². The van der Waals surface area contributed by atoms with Crippen molar-refractivity contribution in [3.8, 4) is 11.4 Å². The Morgan fingerprint density at radius 1 is 1.20 bits per heavy atom. The minimum Gasteiger partial charge on any atom is -0.237 e. The summed E-state index contributed by atoms with van der Waals surface area (Å²) in [6, 6.07) is 7.53. The van der Waals surface area contributed by atoms with Crippen molar-refractivity contribution in [1.29, 1.82) is 0 Å². The summed E-state index contributed by atoms with van der Waals surface area (Å²) in [6.07, 6.45) is 5.49. The molecule has 2 nitrogen and oxygen atoms in total. The normalized spacial score (nSPS) is 10.3. The van der Waals surface area contributed by atoms with E-state index in [1.54, 1.807) is 30.2 Å². The molecule has 1 aromatic heterocycles. The first-order valence-electron chi connectivity index (χ1n) is 4.42. The smallest absolute Gasteiger partial charge is 0.160 e. The van der Waals surface area contributed by atoms with E-state index in [1.807, 2.05) is 24.5 Å². The summed E-state index contributed by atoms with van der Waals surface area (Å²) in [6.45, 7) is 0. The third kappa shape index (κ3) is 2.30. The molecular weight excluding hydrogens is 228 g/mol. The lowest BCUT2D eigenvalue weighted by Gasteiger charge is -2.05. The lowest BCUT2D eigenvalue weighted by Crippen LogP contribution is -1.88. The van der Waals surface area contributed by atoms with Crippen molar-refractivity contribution in [3.05, 3.63) is 41.7 Å². The lowest BCUT2D eigenvalue weighted by atomic mass is 10.2. The van der Waals surface area contributed by atoms with Gasteiger partial charge in [0.2, 0.25) is 0 Å². The Bertz CT molecular complexity index is 459. The fourth-order valence-corrected chi connectivity index (χ4v) is 2.15. The summed E-state index contributed by atoms with van der Waals surface area (Å²) in [5.74, 6) is 0.735. The van der Waals surface area contributed by atoms with Gasteiger partial charge in [0.05, 0.1) is 0 Å². The van der Waals surface area contributed by atoms with E-state index in [-0.39, 0.29) is 0 Å². The number of rotatable bonds is 2. The van der Waals surface area contributed by atoms with Crippen molar-refractivity contribution in [2.24, 2.45) is 0 Å². The SMILES string of the molecule is CSc1cc(Cl)ccc1-c1ncccn1. The van der Waals surface area contributed by atoms with Crippen LogP contribution in [0.2, 0.25) is 5.02 Å². The Kier molecular flexibility index (Phi) is 3.23. The molecule has 0 atom stereocenters. The molecule has 0 aliphatic carbocycles. The summed E-state index contributed by atoms with van der Waals surface area (Å²) in [5, 5.41) is 0.735. The van der Waals surface area contributed by atoms with Crippen LogP contribution in [0.4, 0.5) is 0 Å². The van der Waals surface area contributed by atoms with Crippen molar-refractivity contribution < 1.29 is 0 Å². The molecule has 0 aliphatic heterocycles. The van der Waals surface area contributed by atoms with Crippen LogP contribution in [-0.2, 0) is 0 Å². The number of nitrogens with zero attached hydrogens (tertiary/aromatic N) is 2. The Hall–Kier alpha value is -1.06. The quantitative estimate of drug-likeness (QED) is 0.747. The number of benzene rings is 1. The number of aromatic nitrogens is 2. The van der Waals surface area contributed by atoms with Crippen LogP contribution in [0.5, 0.6) is 0 Å². The third-order valence-corrected chi connectivity index (χ3v) is 2.98. The molecule has 2 aromatic rings. The molecule has 76 valence electrons. The zero-order valence-corrected chi connectivity index (χ0v) is 9.72. The van der Waals surface area contributed by atoms with Gasteiger partial charge in [-0.15, -0.1) is 11.8 Å². The van der Waals surface area contributed by atoms with E-state index in [4.69, 9.17) is 11.6 Å². The van der Waals surface area contributed by atoms with Crippen molar-refractivity contribution in [2.75, 3.05) is 6.26 Å². The van der Waals surface area contributed by atoms with E-state index < -0.39 is 0 Å². The van der Waals surface area contributed by atoms with Gasteiger partial charge in [-0.25, -0.2) is 9.97 Å². The second-order valence-electron chi connectivity index (χ2n) is 2.92. The molecule has 1 aromatic carbocycles. The molecule has 0 saturated carbocycles.